The first kappa shape index (κ1) is 23.4. The third-order valence-electron chi connectivity index (χ3n) is 6.14. The average molecular weight is 523 g/mol. The fraction of sp³-hybridized carbons (Fsp3) is 0.143. The zero-order chi connectivity index (χ0) is 23.3. The molecule has 0 fully saturated rings. The third-order valence-corrected chi connectivity index (χ3v) is 15.6. The van der Waals surface area contributed by atoms with Crippen molar-refractivity contribution in [1.29, 1.82) is 0 Å². The molecule has 0 heterocycles. The molecule has 4 aromatic rings. The molecule has 0 amide bonds. The summed E-state index contributed by atoms with van der Waals surface area (Å²) >= 11 is 4.50. The van der Waals surface area contributed by atoms with Gasteiger partial charge in [0, 0.05) is 0 Å². The predicted molar refractivity (Wildman–Crippen MR) is 144 cm³/mol. The molecule has 0 unspecified atom stereocenters. The molecular weight excluding hydrogens is 495 g/mol. The Morgan fingerprint density at radius 1 is 0.545 bits per heavy atom. The Bertz CT molecular complexity index is 1110. The van der Waals surface area contributed by atoms with Crippen LogP contribution in [0.3, 0.4) is 0 Å². The van der Waals surface area contributed by atoms with Crippen molar-refractivity contribution in [2.75, 3.05) is 21.3 Å². The molecule has 0 aliphatic rings. The van der Waals surface area contributed by atoms with Crippen molar-refractivity contribution in [2.24, 2.45) is 0 Å². The van der Waals surface area contributed by atoms with Gasteiger partial charge in [-0.1, -0.05) is 0 Å². The van der Waals surface area contributed by atoms with Gasteiger partial charge in [-0.2, -0.15) is 0 Å². The third kappa shape index (κ3) is 3.92. The normalized spacial score (nSPS) is 12.4. The SMILES string of the molecule is COc1ccc(CP(Br)(c2ccccc2)(c2ccccc2)c2ccccc2)c(OC)c1OC. The van der Waals surface area contributed by atoms with Crippen molar-refractivity contribution in [3.8, 4) is 17.2 Å². The molecule has 0 radical (unpaired) electrons. The second-order valence-corrected chi connectivity index (χ2v) is 16.8. The van der Waals surface area contributed by atoms with Gasteiger partial charge in [-0.25, -0.2) is 0 Å². The number of rotatable bonds is 8. The molecule has 0 N–H and O–H groups in total. The van der Waals surface area contributed by atoms with E-state index >= 15 is 0 Å². The second kappa shape index (κ2) is 9.59. The van der Waals surface area contributed by atoms with Crippen molar-refractivity contribution >= 4 is 36.7 Å². The monoisotopic (exact) mass is 522 g/mol. The summed E-state index contributed by atoms with van der Waals surface area (Å²) in [5.41, 5.74) is 1.04. The molecule has 0 saturated heterocycles. The van der Waals surface area contributed by atoms with Crippen LogP contribution in [-0.2, 0) is 6.16 Å². The van der Waals surface area contributed by atoms with Gasteiger partial charge in [0.05, 0.1) is 0 Å². The molecule has 0 aliphatic heterocycles. The van der Waals surface area contributed by atoms with Gasteiger partial charge >= 0.3 is 204 Å². The first-order valence-electron chi connectivity index (χ1n) is 10.7. The summed E-state index contributed by atoms with van der Waals surface area (Å²) in [5, 5.41) is 0.582. The van der Waals surface area contributed by atoms with Gasteiger partial charge in [0.25, 0.3) is 0 Å². The molecule has 4 rings (SSSR count). The molecule has 0 saturated carbocycles. The molecule has 5 heteroatoms. The Kier molecular flexibility index (Phi) is 6.78. The zero-order valence-corrected chi connectivity index (χ0v) is 21.6. The van der Waals surface area contributed by atoms with Crippen LogP contribution in [0.1, 0.15) is 5.56 Å². The van der Waals surface area contributed by atoms with Crippen LogP contribution in [0, 0.1) is 0 Å². The van der Waals surface area contributed by atoms with Crippen LogP contribution < -0.4 is 30.1 Å². The Hall–Kier alpha value is -2.81. The Morgan fingerprint density at radius 3 is 1.33 bits per heavy atom. The van der Waals surface area contributed by atoms with Crippen LogP contribution in [-0.4, -0.2) is 21.3 Å². The van der Waals surface area contributed by atoms with E-state index in [4.69, 9.17) is 14.2 Å². The molecule has 3 nitrogen and oxygen atoms in total. The Labute approximate surface area is 204 Å². The fourth-order valence-electron chi connectivity index (χ4n) is 4.55. The van der Waals surface area contributed by atoms with Gasteiger partial charge in [0.1, 0.15) is 0 Å². The summed E-state index contributed by atoms with van der Waals surface area (Å²) < 4.78 is 17.2. The summed E-state index contributed by atoms with van der Waals surface area (Å²) in [7, 11) is 4.96. The van der Waals surface area contributed by atoms with E-state index in [0.717, 1.165) is 5.56 Å². The number of methoxy groups -OCH3 is 3. The second-order valence-electron chi connectivity index (χ2n) is 7.84. The number of hydrogen-bond acceptors (Lipinski definition) is 3. The molecule has 0 bridgehead atoms. The summed E-state index contributed by atoms with van der Waals surface area (Å²) in [5.74, 6) is 1.93. The van der Waals surface area contributed by atoms with Crippen molar-refractivity contribution in [3.05, 3.63) is 109 Å². The molecule has 0 aromatic heterocycles. The van der Waals surface area contributed by atoms with E-state index in [9.17, 15) is 0 Å². The summed E-state index contributed by atoms with van der Waals surface area (Å²) in [6.07, 6.45) is 0.702. The van der Waals surface area contributed by atoms with E-state index in [1.54, 1.807) is 21.3 Å². The fourth-order valence-corrected chi connectivity index (χ4v) is 12.2. The topological polar surface area (TPSA) is 27.7 Å². The molecule has 0 spiro atoms. The molecule has 170 valence electrons. The number of benzene rings is 4. The standard InChI is InChI=1S/C28H28BrO3P/c1-30-26-20-19-22(27(31-2)28(26)32-3)21-33(29,23-13-7-4-8-14-23,24-15-9-5-10-16-24)25-17-11-6-12-18-25/h4-20H,21H2,1-3H3. The molecule has 0 atom stereocenters. The molecular formula is C28H28BrO3P. The maximum atomic E-state index is 5.90. The minimum atomic E-state index is -3.16. The van der Waals surface area contributed by atoms with Crippen LogP contribution in [0.5, 0.6) is 17.2 Å². The predicted octanol–water partition coefficient (Wildman–Crippen LogP) is 6.05. The van der Waals surface area contributed by atoms with Gasteiger partial charge in [-0.05, 0) is 0 Å². The number of ether oxygens (including phenoxy) is 3. The van der Waals surface area contributed by atoms with Crippen LogP contribution in [0.4, 0.5) is 0 Å². The van der Waals surface area contributed by atoms with E-state index in [-0.39, 0.29) is 0 Å². The van der Waals surface area contributed by atoms with Crippen LogP contribution in [0.25, 0.3) is 0 Å². The van der Waals surface area contributed by atoms with Crippen molar-refractivity contribution in [1.82, 2.24) is 0 Å². The quantitative estimate of drug-likeness (QED) is 0.263. The van der Waals surface area contributed by atoms with Crippen LogP contribution >= 0.6 is 20.8 Å². The minimum absolute atomic E-state index is 0.601. The van der Waals surface area contributed by atoms with E-state index in [1.807, 2.05) is 6.07 Å². The van der Waals surface area contributed by atoms with Gasteiger partial charge in [0.2, 0.25) is 0 Å². The van der Waals surface area contributed by atoms with E-state index in [2.05, 4.69) is 113 Å². The van der Waals surface area contributed by atoms with Crippen LogP contribution in [0.15, 0.2) is 103 Å². The van der Waals surface area contributed by atoms with Crippen molar-refractivity contribution in [3.63, 3.8) is 0 Å². The van der Waals surface area contributed by atoms with Crippen molar-refractivity contribution in [2.45, 2.75) is 6.16 Å². The summed E-state index contributed by atoms with van der Waals surface area (Å²) in [6.45, 7) is 0. The molecule has 33 heavy (non-hydrogen) atoms. The number of halogens is 1. The molecule has 0 aliphatic carbocycles. The van der Waals surface area contributed by atoms with E-state index in [1.165, 1.54) is 15.9 Å². The Morgan fingerprint density at radius 2 is 0.970 bits per heavy atom. The van der Waals surface area contributed by atoms with E-state index < -0.39 is 5.31 Å². The van der Waals surface area contributed by atoms with Gasteiger partial charge < -0.3 is 0 Å². The average Bonchev–Trinajstić information content (AvgIpc) is 2.89. The van der Waals surface area contributed by atoms with E-state index in [0.29, 0.717) is 23.4 Å². The van der Waals surface area contributed by atoms with Crippen LogP contribution in [0.2, 0.25) is 0 Å². The maximum absolute atomic E-state index is 5.90. The summed E-state index contributed by atoms with van der Waals surface area (Å²) in [6, 6.07) is 36.2. The van der Waals surface area contributed by atoms with Gasteiger partial charge in [-0.3, -0.25) is 0 Å². The van der Waals surface area contributed by atoms with Gasteiger partial charge in [-0.15, -0.1) is 0 Å². The zero-order valence-electron chi connectivity index (χ0n) is 19.1. The first-order chi connectivity index (χ1) is 16.1. The summed E-state index contributed by atoms with van der Waals surface area (Å²) in [4.78, 5) is 0. The van der Waals surface area contributed by atoms with Crippen molar-refractivity contribution < 1.29 is 14.2 Å². The first-order valence-corrected chi connectivity index (χ1v) is 15.2. The number of hydrogen-bond donors (Lipinski definition) is 0. The van der Waals surface area contributed by atoms with Gasteiger partial charge in [0.15, 0.2) is 0 Å². The Balaban J connectivity index is 2.09. The molecule has 4 aromatic carbocycles.